The molecular formula is C12H7O2. The van der Waals surface area contributed by atoms with Crippen molar-refractivity contribution in [3.8, 4) is 0 Å². The molecule has 0 spiro atoms. The second-order valence-corrected chi connectivity index (χ2v) is 2.96. The predicted molar refractivity (Wildman–Crippen MR) is 54.0 cm³/mol. The largest absolute Gasteiger partial charge is 0.285 e. The van der Waals surface area contributed by atoms with Gasteiger partial charge in [0.1, 0.15) is 0 Å². The molecule has 0 aliphatic carbocycles. The Labute approximate surface area is 81.2 Å². The van der Waals surface area contributed by atoms with Crippen LogP contribution in [0.15, 0.2) is 42.5 Å². The van der Waals surface area contributed by atoms with Crippen molar-refractivity contribution in [2.24, 2.45) is 0 Å². The standard InChI is InChI=1S/C12H7O2/c13-8-12(14)11-7-3-5-9-4-1-2-6-10(9)11/h1-7H. The summed E-state index contributed by atoms with van der Waals surface area (Å²) in [6, 6.07) is 12.7. The number of hydrogen-bond donors (Lipinski definition) is 0. The number of Topliss-reactive ketones (excluding diaryl/α,β-unsaturated/α-hetero) is 1. The molecule has 0 aliphatic rings. The van der Waals surface area contributed by atoms with Crippen LogP contribution in [0.5, 0.6) is 0 Å². The molecule has 0 amide bonds. The lowest BCUT2D eigenvalue weighted by Crippen LogP contribution is -2.00. The van der Waals surface area contributed by atoms with Crippen LogP contribution < -0.4 is 0 Å². The van der Waals surface area contributed by atoms with Gasteiger partial charge in [0.25, 0.3) is 6.29 Å². The molecule has 2 nitrogen and oxygen atoms in total. The van der Waals surface area contributed by atoms with Crippen molar-refractivity contribution in [2.75, 3.05) is 0 Å². The smallest absolute Gasteiger partial charge is 0.277 e. The summed E-state index contributed by atoms with van der Waals surface area (Å²) in [5.74, 6) is -0.596. The Bertz CT molecular complexity index is 495. The summed E-state index contributed by atoms with van der Waals surface area (Å²) in [7, 11) is 0. The van der Waals surface area contributed by atoms with Gasteiger partial charge in [0.05, 0.1) is 0 Å². The van der Waals surface area contributed by atoms with Gasteiger partial charge in [-0.05, 0) is 10.8 Å². The normalized spacial score (nSPS) is 10.0. The first kappa shape index (κ1) is 8.63. The van der Waals surface area contributed by atoms with Crippen molar-refractivity contribution >= 4 is 22.8 Å². The van der Waals surface area contributed by atoms with Gasteiger partial charge in [-0.2, -0.15) is 0 Å². The number of ketones is 1. The van der Waals surface area contributed by atoms with Crippen LogP contribution >= 0.6 is 0 Å². The summed E-state index contributed by atoms with van der Waals surface area (Å²) in [4.78, 5) is 21.5. The highest BCUT2D eigenvalue weighted by molar-refractivity contribution is 6.36. The van der Waals surface area contributed by atoms with Crippen molar-refractivity contribution in [1.29, 1.82) is 0 Å². The van der Waals surface area contributed by atoms with Gasteiger partial charge in [0.2, 0.25) is 5.78 Å². The van der Waals surface area contributed by atoms with Gasteiger partial charge in [0.15, 0.2) is 0 Å². The SMILES string of the molecule is O=[C]C(=O)c1cccc2ccccc12. The van der Waals surface area contributed by atoms with Gasteiger partial charge in [-0.25, -0.2) is 0 Å². The lowest BCUT2D eigenvalue weighted by atomic mass is 10.0. The average Bonchev–Trinajstić information content (AvgIpc) is 2.27. The van der Waals surface area contributed by atoms with Gasteiger partial charge < -0.3 is 0 Å². The van der Waals surface area contributed by atoms with Crippen molar-refractivity contribution in [3.05, 3.63) is 48.0 Å². The van der Waals surface area contributed by atoms with E-state index in [1.165, 1.54) is 6.29 Å². The molecule has 0 saturated heterocycles. The van der Waals surface area contributed by atoms with Crippen LogP contribution in [0.25, 0.3) is 10.8 Å². The molecular weight excluding hydrogens is 176 g/mol. The van der Waals surface area contributed by atoms with E-state index in [2.05, 4.69) is 0 Å². The predicted octanol–water partition coefficient (Wildman–Crippen LogP) is 2.13. The van der Waals surface area contributed by atoms with E-state index in [0.29, 0.717) is 5.56 Å². The first-order valence-corrected chi connectivity index (χ1v) is 4.23. The molecule has 0 N–H and O–H groups in total. The maximum Gasteiger partial charge on any atom is 0.277 e. The number of fused-ring (bicyclic) bond motifs is 1. The minimum Gasteiger partial charge on any atom is -0.285 e. The Morgan fingerprint density at radius 1 is 1.00 bits per heavy atom. The molecule has 67 valence electrons. The van der Waals surface area contributed by atoms with Crippen LogP contribution in [0.2, 0.25) is 0 Å². The van der Waals surface area contributed by atoms with E-state index < -0.39 is 5.78 Å². The maximum absolute atomic E-state index is 11.2. The summed E-state index contributed by atoms with van der Waals surface area (Å²) in [5, 5.41) is 1.75. The fourth-order valence-electron chi connectivity index (χ4n) is 1.48. The number of carbonyl (C=O) groups is 1. The molecule has 2 aromatic rings. The molecule has 1 radical (unpaired) electrons. The minimum absolute atomic E-state index is 0.415. The van der Waals surface area contributed by atoms with Crippen LogP contribution in [0.1, 0.15) is 10.4 Å². The van der Waals surface area contributed by atoms with E-state index >= 15 is 0 Å². The zero-order chi connectivity index (χ0) is 9.97. The van der Waals surface area contributed by atoms with Crippen LogP contribution in [0.3, 0.4) is 0 Å². The summed E-state index contributed by atoms with van der Waals surface area (Å²) >= 11 is 0. The molecule has 0 aliphatic heterocycles. The molecule has 2 heteroatoms. The highest BCUT2D eigenvalue weighted by atomic mass is 16.2. The monoisotopic (exact) mass is 183 g/mol. The van der Waals surface area contributed by atoms with Crippen LogP contribution in [0, 0.1) is 0 Å². The molecule has 0 fully saturated rings. The second kappa shape index (κ2) is 3.42. The molecule has 0 saturated carbocycles. The van der Waals surface area contributed by atoms with E-state index in [4.69, 9.17) is 0 Å². The highest BCUT2D eigenvalue weighted by Crippen LogP contribution is 2.18. The van der Waals surface area contributed by atoms with Gasteiger partial charge in [-0.1, -0.05) is 42.5 Å². The zero-order valence-electron chi connectivity index (χ0n) is 7.36. The average molecular weight is 183 g/mol. The van der Waals surface area contributed by atoms with E-state index in [1.807, 2.05) is 30.3 Å². The molecule has 0 atom stereocenters. The molecule has 2 aromatic carbocycles. The fourth-order valence-corrected chi connectivity index (χ4v) is 1.48. The molecule has 0 unspecified atom stereocenters. The summed E-state index contributed by atoms with van der Waals surface area (Å²) in [6.45, 7) is 0. The fraction of sp³-hybridized carbons (Fsp3) is 0. The summed E-state index contributed by atoms with van der Waals surface area (Å²) in [5.41, 5.74) is 0.415. The highest BCUT2D eigenvalue weighted by Gasteiger charge is 2.08. The third-order valence-electron chi connectivity index (χ3n) is 2.13. The van der Waals surface area contributed by atoms with Gasteiger partial charge in [0, 0.05) is 5.56 Å². The lowest BCUT2D eigenvalue weighted by Gasteiger charge is -2.00. The Kier molecular flexibility index (Phi) is 2.11. The topological polar surface area (TPSA) is 34.1 Å². The quantitative estimate of drug-likeness (QED) is 0.528. The third-order valence-corrected chi connectivity index (χ3v) is 2.13. The van der Waals surface area contributed by atoms with Crippen LogP contribution in [-0.2, 0) is 4.79 Å². The molecule has 0 bridgehead atoms. The number of rotatable bonds is 2. The Hall–Kier alpha value is -1.96. The van der Waals surface area contributed by atoms with E-state index in [-0.39, 0.29) is 0 Å². The maximum atomic E-state index is 11.2. The molecule has 0 heterocycles. The van der Waals surface area contributed by atoms with Crippen LogP contribution in [0.4, 0.5) is 0 Å². The molecule has 2 rings (SSSR count). The Morgan fingerprint density at radius 3 is 2.50 bits per heavy atom. The van der Waals surface area contributed by atoms with Crippen LogP contribution in [-0.4, -0.2) is 12.1 Å². The minimum atomic E-state index is -0.596. The zero-order valence-corrected chi connectivity index (χ0v) is 7.36. The Balaban J connectivity index is 2.77. The van der Waals surface area contributed by atoms with E-state index in [0.717, 1.165) is 10.8 Å². The second-order valence-electron chi connectivity index (χ2n) is 2.96. The number of benzene rings is 2. The Morgan fingerprint density at radius 2 is 1.71 bits per heavy atom. The first-order chi connectivity index (χ1) is 6.83. The third kappa shape index (κ3) is 1.31. The van der Waals surface area contributed by atoms with E-state index in [9.17, 15) is 9.59 Å². The van der Waals surface area contributed by atoms with Gasteiger partial charge in [-0.3, -0.25) is 9.59 Å². The van der Waals surface area contributed by atoms with Crippen molar-refractivity contribution in [3.63, 3.8) is 0 Å². The van der Waals surface area contributed by atoms with Gasteiger partial charge in [-0.15, -0.1) is 0 Å². The van der Waals surface area contributed by atoms with Crippen molar-refractivity contribution in [2.45, 2.75) is 0 Å². The number of carbonyl (C=O) groups excluding carboxylic acids is 2. The number of hydrogen-bond acceptors (Lipinski definition) is 2. The summed E-state index contributed by atoms with van der Waals surface area (Å²) in [6.07, 6.45) is 1.38. The summed E-state index contributed by atoms with van der Waals surface area (Å²) < 4.78 is 0. The first-order valence-electron chi connectivity index (χ1n) is 4.23. The van der Waals surface area contributed by atoms with Crippen molar-refractivity contribution in [1.82, 2.24) is 0 Å². The lowest BCUT2D eigenvalue weighted by molar-refractivity contribution is 0.106. The van der Waals surface area contributed by atoms with E-state index in [1.54, 1.807) is 12.1 Å². The molecule has 14 heavy (non-hydrogen) atoms. The van der Waals surface area contributed by atoms with Crippen molar-refractivity contribution < 1.29 is 9.59 Å². The molecule has 0 aromatic heterocycles. The van der Waals surface area contributed by atoms with Gasteiger partial charge >= 0.3 is 0 Å².